The van der Waals surface area contributed by atoms with Crippen molar-refractivity contribution in [2.24, 2.45) is 5.16 Å². The molecule has 1 atom stereocenters. The van der Waals surface area contributed by atoms with E-state index in [9.17, 15) is 9.82 Å². The van der Waals surface area contributed by atoms with Crippen LogP contribution in [-0.2, 0) is 14.3 Å². The van der Waals surface area contributed by atoms with Gasteiger partial charge in [0, 0.05) is 6.61 Å². The molecule has 8 heteroatoms. The Labute approximate surface area is 121 Å². The van der Waals surface area contributed by atoms with E-state index in [0.29, 0.717) is 17.9 Å². The van der Waals surface area contributed by atoms with E-state index in [2.05, 4.69) is 10.5 Å². The molecule has 0 bridgehead atoms. The number of oxime groups is 1. The Morgan fingerprint density at radius 1 is 1.65 bits per heavy atom. The van der Waals surface area contributed by atoms with Crippen molar-refractivity contribution in [3.8, 4) is 0 Å². The number of hydrogen-bond donors (Lipinski definition) is 2. The topological polar surface area (TPSA) is 80.2 Å². The highest BCUT2D eigenvalue weighted by Gasteiger charge is 2.30. The summed E-state index contributed by atoms with van der Waals surface area (Å²) >= 11 is 1.39. The lowest BCUT2D eigenvalue weighted by molar-refractivity contribution is -0.115. The Morgan fingerprint density at radius 3 is 3.20 bits per heavy atom. The molecule has 1 aliphatic heterocycles. The summed E-state index contributed by atoms with van der Waals surface area (Å²) in [6.07, 6.45) is 4.16. The lowest BCUT2D eigenvalue weighted by Gasteiger charge is -2.17. The van der Waals surface area contributed by atoms with Gasteiger partial charge in [0.05, 0.1) is 10.8 Å². The molecule has 1 amide bonds. The van der Waals surface area contributed by atoms with Crippen molar-refractivity contribution in [2.45, 2.75) is 12.4 Å². The number of rotatable bonds is 4. The molecule has 2 heterocycles. The molecule has 0 saturated heterocycles. The molecule has 2 rings (SSSR count). The fourth-order valence-electron chi connectivity index (χ4n) is 1.77. The van der Waals surface area contributed by atoms with Gasteiger partial charge in [-0.1, -0.05) is 23.4 Å². The highest BCUT2D eigenvalue weighted by atomic mass is 32.1. The van der Waals surface area contributed by atoms with Crippen molar-refractivity contribution >= 4 is 30.1 Å². The van der Waals surface area contributed by atoms with Crippen molar-refractivity contribution in [2.75, 3.05) is 13.7 Å². The molecular weight excluding hydrogens is 279 g/mol. The van der Waals surface area contributed by atoms with Crippen molar-refractivity contribution in [1.82, 2.24) is 5.32 Å². The lowest BCUT2D eigenvalue weighted by atomic mass is 9.77. The summed E-state index contributed by atoms with van der Waals surface area (Å²) in [5.74, 6) is -0.916. The molecule has 20 heavy (non-hydrogen) atoms. The molecule has 1 aromatic rings. The third kappa shape index (κ3) is 3.69. The standard InChI is InChI=1S/C12H15BN2O4S/c1-18-15-11(9-5-4-8-20-9)12(16)14-10-6-2-3-7-19-13(10)17/h2-5,8,10,17H,6-7H2,1H3,(H,14,16)/b15-11+. The zero-order chi connectivity index (χ0) is 14.4. The van der Waals surface area contributed by atoms with E-state index in [-0.39, 0.29) is 5.71 Å². The van der Waals surface area contributed by atoms with E-state index < -0.39 is 19.0 Å². The zero-order valence-corrected chi connectivity index (χ0v) is 11.8. The molecule has 0 radical (unpaired) electrons. The molecule has 2 N–H and O–H groups in total. The molecule has 0 spiro atoms. The van der Waals surface area contributed by atoms with Crippen molar-refractivity contribution < 1.29 is 19.3 Å². The van der Waals surface area contributed by atoms with Crippen molar-refractivity contribution in [3.05, 3.63) is 34.5 Å². The highest BCUT2D eigenvalue weighted by molar-refractivity contribution is 7.13. The number of thiophene rings is 1. The average Bonchev–Trinajstić information content (AvgIpc) is 2.89. The second kappa shape index (κ2) is 7.23. The summed E-state index contributed by atoms with van der Waals surface area (Å²) in [7, 11) is 0.342. The number of nitrogens with one attached hydrogen (secondary N) is 1. The molecule has 0 saturated carbocycles. The third-order valence-corrected chi connectivity index (χ3v) is 3.61. The van der Waals surface area contributed by atoms with Crippen molar-refractivity contribution in [1.29, 1.82) is 0 Å². The number of nitrogens with zero attached hydrogens (tertiary/aromatic N) is 1. The first-order chi connectivity index (χ1) is 9.72. The number of amides is 1. The second-order valence-electron chi connectivity index (χ2n) is 4.11. The molecule has 0 aliphatic carbocycles. The fourth-order valence-corrected chi connectivity index (χ4v) is 2.47. The van der Waals surface area contributed by atoms with Gasteiger partial charge < -0.3 is 19.8 Å². The van der Waals surface area contributed by atoms with Crippen LogP contribution in [0.4, 0.5) is 0 Å². The van der Waals surface area contributed by atoms with Crippen LogP contribution in [0.5, 0.6) is 0 Å². The van der Waals surface area contributed by atoms with Gasteiger partial charge in [0.1, 0.15) is 7.11 Å². The normalized spacial score (nSPS) is 19.6. The van der Waals surface area contributed by atoms with Gasteiger partial charge in [0.15, 0.2) is 5.71 Å². The molecule has 0 fully saturated rings. The minimum Gasteiger partial charge on any atom is -0.426 e. The van der Waals surface area contributed by atoms with Crippen LogP contribution >= 0.6 is 11.3 Å². The maximum absolute atomic E-state index is 12.3. The van der Waals surface area contributed by atoms with Gasteiger partial charge >= 0.3 is 7.12 Å². The van der Waals surface area contributed by atoms with E-state index in [1.165, 1.54) is 18.4 Å². The zero-order valence-electron chi connectivity index (χ0n) is 11.0. The van der Waals surface area contributed by atoms with Crippen LogP contribution < -0.4 is 5.32 Å². The molecule has 6 nitrogen and oxygen atoms in total. The third-order valence-electron chi connectivity index (χ3n) is 2.73. The van der Waals surface area contributed by atoms with Gasteiger partial charge in [-0.05, 0) is 17.9 Å². The first-order valence-electron chi connectivity index (χ1n) is 6.13. The minimum absolute atomic E-state index is 0.183. The van der Waals surface area contributed by atoms with Gasteiger partial charge in [0.25, 0.3) is 5.91 Å². The maximum atomic E-state index is 12.3. The fraction of sp³-hybridized carbons (Fsp3) is 0.333. The van der Waals surface area contributed by atoms with Crippen LogP contribution in [0.3, 0.4) is 0 Å². The minimum atomic E-state index is -1.04. The predicted molar refractivity (Wildman–Crippen MR) is 77.5 cm³/mol. The predicted octanol–water partition coefficient (Wildman–Crippen LogP) is 0.580. The molecule has 1 aromatic heterocycles. The Hall–Kier alpha value is -1.64. The van der Waals surface area contributed by atoms with Gasteiger partial charge in [0.2, 0.25) is 0 Å². The number of carbonyl (C=O) groups excluding carboxylic acids is 1. The number of carbonyl (C=O) groups is 1. The van der Waals surface area contributed by atoms with E-state index in [0.717, 1.165) is 0 Å². The van der Waals surface area contributed by atoms with Gasteiger partial charge in [-0.3, -0.25) is 4.79 Å². The summed E-state index contributed by atoms with van der Waals surface area (Å²) < 4.78 is 5.13. The van der Waals surface area contributed by atoms with Crippen LogP contribution in [0.25, 0.3) is 0 Å². The summed E-state index contributed by atoms with van der Waals surface area (Å²) in [5, 5.41) is 18.1. The Bertz CT molecular complexity index is 504. The average molecular weight is 294 g/mol. The van der Waals surface area contributed by atoms with Gasteiger partial charge in [-0.2, -0.15) is 0 Å². The summed E-state index contributed by atoms with van der Waals surface area (Å²) in [6.45, 7) is 0.331. The summed E-state index contributed by atoms with van der Waals surface area (Å²) in [5.41, 5.74) is 0.183. The SMILES string of the molecule is CO/N=C(/C(=O)NC1CC=CCOB1O)c1cccs1. The van der Waals surface area contributed by atoms with E-state index in [1.54, 1.807) is 12.1 Å². The van der Waals surface area contributed by atoms with Crippen LogP contribution in [0.15, 0.2) is 34.8 Å². The van der Waals surface area contributed by atoms with E-state index >= 15 is 0 Å². The lowest BCUT2D eigenvalue weighted by Crippen LogP contribution is -2.49. The molecule has 1 aliphatic rings. The van der Waals surface area contributed by atoms with Crippen LogP contribution in [0.1, 0.15) is 11.3 Å². The smallest absolute Gasteiger partial charge is 0.426 e. The molecule has 106 valence electrons. The van der Waals surface area contributed by atoms with Crippen molar-refractivity contribution in [3.63, 3.8) is 0 Å². The van der Waals surface area contributed by atoms with Gasteiger partial charge in [-0.25, -0.2) is 0 Å². The Kier molecular flexibility index (Phi) is 5.34. The quantitative estimate of drug-likeness (QED) is 0.368. The van der Waals surface area contributed by atoms with Crippen LogP contribution in [0, 0.1) is 0 Å². The molecule has 1 unspecified atom stereocenters. The number of hydrogen-bond acceptors (Lipinski definition) is 6. The molecule has 0 aromatic carbocycles. The summed E-state index contributed by atoms with van der Waals surface area (Å²) in [6, 6.07) is 3.60. The Morgan fingerprint density at radius 2 is 2.50 bits per heavy atom. The van der Waals surface area contributed by atoms with E-state index in [1.807, 2.05) is 17.5 Å². The van der Waals surface area contributed by atoms with Crippen LogP contribution in [-0.4, -0.2) is 43.4 Å². The first-order valence-corrected chi connectivity index (χ1v) is 7.01. The van der Waals surface area contributed by atoms with E-state index in [4.69, 9.17) is 9.49 Å². The Balaban J connectivity index is 2.09. The highest BCUT2D eigenvalue weighted by Crippen LogP contribution is 2.12. The summed E-state index contributed by atoms with van der Waals surface area (Å²) in [4.78, 5) is 17.7. The monoisotopic (exact) mass is 294 g/mol. The first kappa shape index (κ1) is 14.8. The second-order valence-corrected chi connectivity index (χ2v) is 5.06. The van der Waals surface area contributed by atoms with Gasteiger partial charge in [-0.15, -0.1) is 11.3 Å². The molecular formula is C12H15BN2O4S. The van der Waals surface area contributed by atoms with Crippen LogP contribution in [0.2, 0.25) is 0 Å². The maximum Gasteiger partial charge on any atom is 0.478 e. The largest absolute Gasteiger partial charge is 0.478 e.